The summed E-state index contributed by atoms with van der Waals surface area (Å²) in [6, 6.07) is 19.1. The van der Waals surface area contributed by atoms with Crippen molar-refractivity contribution < 1.29 is 9.84 Å². The summed E-state index contributed by atoms with van der Waals surface area (Å²) < 4.78 is 6.08. The van der Waals surface area contributed by atoms with Crippen LogP contribution in [0.4, 0.5) is 0 Å². The SMILES string of the molecule is CN1C[C@H](O)CC1COc1ccccc1CCc1ccccc1. The van der Waals surface area contributed by atoms with Gasteiger partial charge >= 0.3 is 0 Å². The highest BCUT2D eigenvalue weighted by Crippen LogP contribution is 2.22. The van der Waals surface area contributed by atoms with Crippen molar-refractivity contribution in [3.63, 3.8) is 0 Å². The summed E-state index contributed by atoms with van der Waals surface area (Å²) in [5, 5.41) is 9.73. The average Bonchev–Trinajstić information content (AvgIpc) is 2.90. The number of ether oxygens (including phenoxy) is 1. The van der Waals surface area contributed by atoms with Crippen LogP contribution in [0.5, 0.6) is 5.75 Å². The third-order valence-electron chi connectivity index (χ3n) is 4.60. The minimum Gasteiger partial charge on any atom is -0.492 e. The first-order valence-electron chi connectivity index (χ1n) is 8.35. The van der Waals surface area contributed by atoms with Crippen molar-refractivity contribution in [2.75, 3.05) is 20.2 Å². The van der Waals surface area contributed by atoms with Crippen LogP contribution in [0.15, 0.2) is 54.6 Å². The van der Waals surface area contributed by atoms with E-state index in [4.69, 9.17) is 4.74 Å². The molecule has 1 heterocycles. The summed E-state index contributed by atoms with van der Waals surface area (Å²) in [4.78, 5) is 2.18. The molecule has 3 heteroatoms. The van der Waals surface area contributed by atoms with E-state index in [0.717, 1.165) is 31.6 Å². The van der Waals surface area contributed by atoms with E-state index in [1.165, 1.54) is 11.1 Å². The number of aliphatic hydroxyl groups excluding tert-OH is 1. The molecule has 0 radical (unpaired) electrons. The fourth-order valence-electron chi connectivity index (χ4n) is 3.21. The van der Waals surface area contributed by atoms with E-state index < -0.39 is 0 Å². The second kappa shape index (κ2) is 7.62. The van der Waals surface area contributed by atoms with Crippen LogP contribution < -0.4 is 4.74 Å². The van der Waals surface area contributed by atoms with Crippen LogP contribution in [0, 0.1) is 0 Å². The molecule has 0 spiro atoms. The Morgan fingerprint density at radius 3 is 2.52 bits per heavy atom. The molecule has 2 atom stereocenters. The number of benzene rings is 2. The van der Waals surface area contributed by atoms with Crippen LogP contribution in [-0.2, 0) is 12.8 Å². The van der Waals surface area contributed by atoms with Gasteiger partial charge in [-0.2, -0.15) is 0 Å². The zero-order chi connectivity index (χ0) is 16.1. The van der Waals surface area contributed by atoms with Gasteiger partial charge in [0.2, 0.25) is 0 Å². The Hall–Kier alpha value is -1.84. The molecular weight excluding hydrogens is 286 g/mol. The molecule has 3 nitrogen and oxygen atoms in total. The number of nitrogens with zero attached hydrogens (tertiary/aromatic N) is 1. The molecule has 0 aliphatic carbocycles. The smallest absolute Gasteiger partial charge is 0.122 e. The predicted octanol–water partition coefficient (Wildman–Crippen LogP) is 2.92. The van der Waals surface area contributed by atoms with Gasteiger partial charge in [0.15, 0.2) is 0 Å². The summed E-state index contributed by atoms with van der Waals surface area (Å²) in [6.45, 7) is 1.37. The highest BCUT2D eigenvalue weighted by Gasteiger charge is 2.28. The van der Waals surface area contributed by atoms with Crippen molar-refractivity contribution in [3.8, 4) is 5.75 Å². The van der Waals surface area contributed by atoms with E-state index in [-0.39, 0.29) is 6.10 Å². The first-order valence-corrected chi connectivity index (χ1v) is 8.35. The Bertz CT molecular complexity index is 614. The molecule has 3 rings (SSSR count). The molecule has 0 bridgehead atoms. The van der Waals surface area contributed by atoms with E-state index in [0.29, 0.717) is 12.6 Å². The number of rotatable bonds is 6. The van der Waals surface area contributed by atoms with Gasteiger partial charge in [-0.05, 0) is 43.5 Å². The number of hydrogen-bond donors (Lipinski definition) is 1. The lowest BCUT2D eigenvalue weighted by Crippen LogP contribution is -2.30. The second-order valence-corrected chi connectivity index (χ2v) is 6.39. The molecule has 1 saturated heterocycles. The normalized spacial score (nSPS) is 21.5. The number of likely N-dealkylation sites (tertiary alicyclic amines) is 1. The lowest BCUT2D eigenvalue weighted by atomic mass is 10.0. The fraction of sp³-hybridized carbons (Fsp3) is 0.400. The van der Waals surface area contributed by atoms with Gasteiger partial charge < -0.3 is 9.84 Å². The molecule has 23 heavy (non-hydrogen) atoms. The summed E-state index contributed by atoms with van der Waals surface area (Å²) in [6.07, 6.45) is 2.57. The van der Waals surface area contributed by atoms with Crippen LogP contribution in [0.1, 0.15) is 17.5 Å². The largest absolute Gasteiger partial charge is 0.492 e. The quantitative estimate of drug-likeness (QED) is 0.890. The number of likely N-dealkylation sites (N-methyl/N-ethyl adjacent to an activating group) is 1. The van der Waals surface area contributed by atoms with E-state index in [1.807, 2.05) is 25.2 Å². The van der Waals surface area contributed by atoms with Crippen LogP contribution in [-0.4, -0.2) is 42.4 Å². The fourth-order valence-corrected chi connectivity index (χ4v) is 3.21. The van der Waals surface area contributed by atoms with Crippen molar-refractivity contribution in [1.82, 2.24) is 4.90 Å². The Morgan fingerprint density at radius 2 is 1.78 bits per heavy atom. The number of β-amino-alcohol motifs (C(OH)–C–C–N with tert-alkyl or cyclic N) is 1. The third kappa shape index (κ3) is 4.34. The second-order valence-electron chi connectivity index (χ2n) is 6.39. The predicted molar refractivity (Wildman–Crippen MR) is 92.8 cm³/mol. The zero-order valence-corrected chi connectivity index (χ0v) is 13.7. The molecule has 1 unspecified atom stereocenters. The van der Waals surface area contributed by atoms with Gasteiger partial charge in [0.25, 0.3) is 0 Å². The van der Waals surface area contributed by atoms with Gasteiger partial charge in [0.05, 0.1) is 6.10 Å². The van der Waals surface area contributed by atoms with Crippen LogP contribution in [0.2, 0.25) is 0 Å². The Morgan fingerprint density at radius 1 is 1.04 bits per heavy atom. The lowest BCUT2D eigenvalue weighted by molar-refractivity contribution is 0.182. The highest BCUT2D eigenvalue weighted by atomic mass is 16.5. The molecule has 2 aromatic rings. The molecule has 2 aromatic carbocycles. The number of aliphatic hydroxyl groups is 1. The number of hydrogen-bond acceptors (Lipinski definition) is 3. The molecule has 1 N–H and O–H groups in total. The van der Waals surface area contributed by atoms with Crippen molar-refractivity contribution in [2.24, 2.45) is 0 Å². The van der Waals surface area contributed by atoms with E-state index >= 15 is 0 Å². The molecule has 1 aliphatic rings. The van der Waals surface area contributed by atoms with E-state index in [9.17, 15) is 5.11 Å². The molecule has 0 saturated carbocycles. The van der Waals surface area contributed by atoms with Gasteiger partial charge in [0, 0.05) is 12.6 Å². The first-order chi connectivity index (χ1) is 11.2. The minimum atomic E-state index is -0.220. The molecule has 0 aromatic heterocycles. The lowest BCUT2D eigenvalue weighted by Gasteiger charge is -2.20. The molecule has 122 valence electrons. The van der Waals surface area contributed by atoms with Gasteiger partial charge in [-0.25, -0.2) is 0 Å². The first kappa shape index (κ1) is 16.0. The van der Waals surface area contributed by atoms with Gasteiger partial charge in [-0.15, -0.1) is 0 Å². The van der Waals surface area contributed by atoms with E-state index in [2.05, 4.69) is 41.3 Å². The summed E-state index contributed by atoms with van der Waals surface area (Å²) in [5.41, 5.74) is 2.60. The highest BCUT2D eigenvalue weighted by molar-refractivity contribution is 5.34. The number of para-hydroxylation sites is 1. The van der Waals surface area contributed by atoms with Crippen molar-refractivity contribution in [3.05, 3.63) is 65.7 Å². The van der Waals surface area contributed by atoms with Crippen LogP contribution in [0.25, 0.3) is 0 Å². The minimum absolute atomic E-state index is 0.220. The maximum Gasteiger partial charge on any atom is 0.122 e. The van der Waals surface area contributed by atoms with E-state index in [1.54, 1.807) is 0 Å². The monoisotopic (exact) mass is 311 g/mol. The maximum absolute atomic E-state index is 9.73. The van der Waals surface area contributed by atoms with Gasteiger partial charge in [-0.1, -0.05) is 48.5 Å². The third-order valence-corrected chi connectivity index (χ3v) is 4.60. The number of aryl methyl sites for hydroxylation is 2. The summed E-state index contributed by atoms with van der Waals surface area (Å²) in [5.74, 6) is 0.971. The maximum atomic E-state index is 9.73. The summed E-state index contributed by atoms with van der Waals surface area (Å²) >= 11 is 0. The average molecular weight is 311 g/mol. The van der Waals surface area contributed by atoms with Crippen LogP contribution >= 0.6 is 0 Å². The topological polar surface area (TPSA) is 32.7 Å². The zero-order valence-electron chi connectivity index (χ0n) is 13.7. The van der Waals surface area contributed by atoms with Crippen molar-refractivity contribution in [2.45, 2.75) is 31.4 Å². The van der Waals surface area contributed by atoms with Gasteiger partial charge in [0.1, 0.15) is 12.4 Å². The standard InChI is InChI=1S/C20H25NO2/c1-21-14-19(22)13-18(21)15-23-20-10-6-5-9-17(20)12-11-16-7-3-2-4-8-16/h2-10,18-19,22H,11-15H2,1H3/t18?,19-/m1/s1. The van der Waals surface area contributed by atoms with Gasteiger partial charge in [-0.3, -0.25) is 4.90 Å². The molecule has 1 fully saturated rings. The Kier molecular flexibility index (Phi) is 5.31. The molecule has 0 amide bonds. The van der Waals surface area contributed by atoms with Crippen LogP contribution in [0.3, 0.4) is 0 Å². The molecule has 1 aliphatic heterocycles. The molecular formula is C20H25NO2. The Labute approximate surface area is 138 Å². The van der Waals surface area contributed by atoms with Crippen molar-refractivity contribution >= 4 is 0 Å². The van der Waals surface area contributed by atoms with Crippen molar-refractivity contribution in [1.29, 1.82) is 0 Å². The summed E-state index contributed by atoms with van der Waals surface area (Å²) in [7, 11) is 2.05. The Balaban J connectivity index is 1.59.